The van der Waals surface area contributed by atoms with Crippen LogP contribution in [-0.2, 0) is 11.3 Å². The number of halogens is 1. The molecule has 1 unspecified atom stereocenters. The molecule has 1 aliphatic heterocycles. The van der Waals surface area contributed by atoms with Crippen LogP contribution < -0.4 is 5.32 Å². The molecule has 3 aliphatic rings. The molecule has 0 aromatic heterocycles. The summed E-state index contributed by atoms with van der Waals surface area (Å²) < 4.78 is 13.0. The SMILES string of the molecule is O=C(NCc1ccc(F)cc1)C1=C2C=CC=CCC2CC(C2CC2)=N1. The Morgan fingerprint density at radius 2 is 1.96 bits per heavy atom. The van der Waals surface area contributed by atoms with Crippen LogP contribution in [0, 0.1) is 17.7 Å². The number of hydrogen-bond donors (Lipinski definition) is 1. The average molecular weight is 336 g/mol. The second kappa shape index (κ2) is 6.79. The molecule has 25 heavy (non-hydrogen) atoms. The van der Waals surface area contributed by atoms with Crippen LogP contribution in [0.5, 0.6) is 0 Å². The highest BCUT2D eigenvalue weighted by molar-refractivity contribution is 6.01. The number of hydrogen-bond acceptors (Lipinski definition) is 2. The predicted octanol–water partition coefficient (Wildman–Crippen LogP) is 4.08. The maximum atomic E-state index is 13.0. The Balaban J connectivity index is 1.56. The van der Waals surface area contributed by atoms with Gasteiger partial charge in [0.05, 0.1) is 0 Å². The van der Waals surface area contributed by atoms with Crippen molar-refractivity contribution < 1.29 is 9.18 Å². The van der Waals surface area contributed by atoms with Gasteiger partial charge in [0.25, 0.3) is 5.91 Å². The van der Waals surface area contributed by atoms with Gasteiger partial charge in [0.1, 0.15) is 11.5 Å². The molecule has 0 bridgehead atoms. The minimum Gasteiger partial charge on any atom is -0.347 e. The first-order valence-electron chi connectivity index (χ1n) is 8.88. The summed E-state index contributed by atoms with van der Waals surface area (Å²) in [5.41, 5.74) is 3.65. The third-order valence-electron chi connectivity index (χ3n) is 5.00. The molecule has 4 rings (SSSR count). The van der Waals surface area contributed by atoms with E-state index in [1.54, 1.807) is 12.1 Å². The van der Waals surface area contributed by atoms with E-state index in [9.17, 15) is 9.18 Å². The van der Waals surface area contributed by atoms with Gasteiger partial charge in [-0.05, 0) is 60.8 Å². The van der Waals surface area contributed by atoms with Crippen molar-refractivity contribution in [3.05, 3.63) is 71.2 Å². The van der Waals surface area contributed by atoms with E-state index in [0.717, 1.165) is 24.0 Å². The van der Waals surface area contributed by atoms with E-state index in [0.29, 0.717) is 24.1 Å². The molecule has 1 saturated carbocycles. The maximum Gasteiger partial charge on any atom is 0.270 e. The molecular formula is C21H21FN2O. The zero-order chi connectivity index (χ0) is 17.2. The van der Waals surface area contributed by atoms with Crippen LogP contribution in [0.15, 0.2) is 64.8 Å². The topological polar surface area (TPSA) is 41.5 Å². The number of nitrogens with zero attached hydrogens (tertiary/aromatic N) is 1. The Kier molecular flexibility index (Phi) is 4.35. The van der Waals surface area contributed by atoms with Gasteiger partial charge in [0.2, 0.25) is 0 Å². The van der Waals surface area contributed by atoms with Crippen molar-refractivity contribution in [2.45, 2.75) is 32.2 Å². The molecule has 1 atom stereocenters. The zero-order valence-electron chi connectivity index (χ0n) is 14.0. The van der Waals surface area contributed by atoms with Crippen LogP contribution in [0.25, 0.3) is 0 Å². The first-order chi connectivity index (χ1) is 12.2. The summed E-state index contributed by atoms with van der Waals surface area (Å²) in [5.74, 6) is 0.492. The van der Waals surface area contributed by atoms with E-state index >= 15 is 0 Å². The summed E-state index contributed by atoms with van der Waals surface area (Å²) in [6.07, 6.45) is 12.5. The Hall–Kier alpha value is -2.49. The van der Waals surface area contributed by atoms with Gasteiger partial charge in [-0.1, -0.05) is 36.4 Å². The van der Waals surface area contributed by atoms with E-state index in [2.05, 4.69) is 11.4 Å². The Morgan fingerprint density at radius 3 is 2.72 bits per heavy atom. The molecule has 1 amide bonds. The number of aliphatic imine (C=N–C) groups is 1. The van der Waals surface area contributed by atoms with Crippen LogP contribution in [0.3, 0.4) is 0 Å². The minimum atomic E-state index is -0.273. The quantitative estimate of drug-likeness (QED) is 0.884. The van der Waals surface area contributed by atoms with Crippen LogP contribution in [0.2, 0.25) is 0 Å². The normalized spacial score (nSPS) is 22.3. The van der Waals surface area contributed by atoms with Gasteiger partial charge in [0.15, 0.2) is 0 Å². The van der Waals surface area contributed by atoms with E-state index in [4.69, 9.17) is 4.99 Å². The molecule has 4 heteroatoms. The third-order valence-corrected chi connectivity index (χ3v) is 5.00. The van der Waals surface area contributed by atoms with E-state index in [-0.39, 0.29) is 11.7 Å². The molecule has 2 aliphatic carbocycles. The van der Waals surface area contributed by atoms with Gasteiger partial charge in [0, 0.05) is 12.3 Å². The number of carbonyl (C=O) groups excluding carboxylic acids is 1. The Labute approximate surface area is 147 Å². The number of fused-ring (bicyclic) bond motifs is 1. The average Bonchev–Trinajstić information content (AvgIpc) is 3.46. The first kappa shape index (κ1) is 16.0. The number of allylic oxidation sites excluding steroid dienone is 5. The molecule has 0 saturated heterocycles. The molecule has 128 valence electrons. The molecule has 1 heterocycles. The lowest BCUT2D eigenvalue weighted by molar-refractivity contribution is -0.117. The van der Waals surface area contributed by atoms with Gasteiger partial charge in [-0.25, -0.2) is 4.39 Å². The molecule has 3 nitrogen and oxygen atoms in total. The highest BCUT2D eigenvalue weighted by Gasteiger charge is 2.34. The fraction of sp³-hybridized carbons (Fsp3) is 0.333. The van der Waals surface area contributed by atoms with E-state index < -0.39 is 0 Å². The number of amides is 1. The molecular weight excluding hydrogens is 315 g/mol. The molecule has 1 fully saturated rings. The second-order valence-corrected chi connectivity index (χ2v) is 6.91. The smallest absolute Gasteiger partial charge is 0.270 e. The lowest BCUT2D eigenvalue weighted by Gasteiger charge is -2.24. The summed E-state index contributed by atoms with van der Waals surface area (Å²) in [5, 5.41) is 2.94. The van der Waals surface area contributed by atoms with E-state index in [1.807, 2.05) is 18.2 Å². The van der Waals surface area contributed by atoms with Crippen molar-refractivity contribution in [2.24, 2.45) is 16.8 Å². The maximum absolute atomic E-state index is 13.0. The van der Waals surface area contributed by atoms with Gasteiger partial charge in [-0.2, -0.15) is 0 Å². The van der Waals surface area contributed by atoms with E-state index in [1.165, 1.54) is 30.7 Å². The van der Waals surface area contributed by atoms with Crippen molar-refractivity contribution in [3.8, 4) is 0 Å². The number of carbonyl (C=O) groups is 1. The molecule has 1 aromatic rings. The third kappa shape index (κ3) is 3.63. The largest absolute Gasteiger partial charge is 0.347 e. The van der Waals surface area contributed by atoms with Crippen LogP contribution in [0.4, 0.5) is 4.39 Å². The van der Waals surface area contributed by atoms with Crippen molar-refractivity contribution in [3.63, 3.8) is 0 Å². The molecule has 1 N–H and O–H groups in total. The van der Waals surface area contributed by atoms with Gasteiger partial charge >= 0.3 is 0 Å². The Morgan fingerprint density at radius 1 is 1.16 bits per heavy atom. The summed E-state index contributed by atoms with van der Waals surface area (Å²) in [7, 11) is 0. The summed E-state index contributed by atoms with van der Waals surface area (Å²) >= 11 is 0. The first-order valence-corrected chi connectivity index (χ1v) is 8.88. The zero-order valence-corrected chi connectivity index (χ0v) is 14.0. The molecule has 0 radical (unpaired) electrons. The highest BCUT2D eigenvalue weighted by atomic mass is 19.1. The Bertz CT molecular complexity index is 798. The van der Waals surface area contributed by atoms with Gasteiger partial charge < -0.3 is 5.32 Å². The number of rotatable bonds is 4. The van der Waals surface area contributed by atoms with Crippen LogP contribution in [-0.4, -0.2) is 11.6 Å². The predicted molar refractivity (Wildman–Crippen MR) is 96.4 cm³/mol. The van der Waals surface area contributed by atoms with Crippen molar-refractivity contribution in [1.82, 2.24) is 5.32 Å². The van der Waals surface area contributed by atoms with Crippen LogP contribution >= 0.6 is 0 Å². The summed E-state index contributed by atoms with van der Waals surface area (Å²) in [6.45, 7) is 0.372. The van der Waals surface area contributed by atoms with Gasteiger partial charge in [-0.3, -0.25) is 9.79 Å². The van der Waals surface area contributed by atoms with Crippen molar-refractivity contribution >= 4 is 11.6 Å². The minimum absolute atomic E-state index is 0.145. The lowest BCUT2D eigenvalue weighted by Crippen LogP contribution is -2.29. The number of nitrogens with one attached hydrogen (secondary N) is 1. The van der Waals surface area contributed by atoms with Crippen molar-refractivity contribution in [1.29, 1.82) is 0 Å². The standard InChI is InChI=1S/C21H21FN2O/c22-17-10-6-14(7-11-17)13-23-21(25)20-18-5-3-1-2-4-16(18)12-19(24-20)15-8-9-15/h1-3,5-7,10-11,15-16H,4,8-9,12-13H2,(H,23,25). The fourth-order valence-electron chi connectivity index (χ4n) is 3.44. The number of benzene rings is 1. The van der Waals surface area contributed by atoms with Gasteiger partial charge in [-0.15, -0.1) is 0 Å². The molecule has 1 aromatic carbocycles. The van der Waals surface area contributed by atoms with Crippen LogP contribution in [0.1, 0.15) is 31.2 Å². The van der Waals surface area contributed by atoms with Crippen molar-refractivity contribution in [2.75, 3.05) is 0 Å². The molecule has 0 spiro atoms. The second-order valence-electron chi connectivity index (χ2n) is 6.91. The highest BCUT2D eigenvalue weighted by Crippen LogP contribution is 2.39. The lowest BCUT2D eigenvalue weighted by atomic mass is 9.85. The fourth-order valence-corrected chi connectivity index (χ4v) is 3.44. The monoisotopic (exact) mass is 336 g/mol. The summed E-state index contributed by atoms with van der Waals surface area (Å²) in [6, 6.07) is 6.18. The summed E-state index contributed by atoms with van der Waals surface area (Å²) in [4.78, 5) is 17.5.